The van der Waals surface area contributed by atoms with Crippen LogP contribution in [0.4, 0.5) is 0 Å². The van der Waals surface area contributed by atoms with Crippen molar-refractivity contribution >= 4 is 20.0 Å². The minimum Gasteiger partial charge on any atom is -0.329 e. The van der Waals surface area contributed by atoms with Gasteiger partial charge in [-0.05, 0) is 50.5 Å². The Balaban J connectivity index is 2.68. The number of nitrogens with two attached hydrogens (primary N) is 1. The summed E-state index contributed by atoms with van der Waals surface area (Å²) in [6.07, 6.45) is 0.326. The molecule has 6 nitrogen and oxygen atoms in total. The van der Waals surface area contributed by atoms with Gasteiger partial charge in [0.05, 0.1) is 15.8 Å². The van der Waals surface area contributed by atoms with E-state index in [1.54, 1.807) is 24.3 Å². The van der Waals surface area contributed by atoms with E-state index in [-0.39, 0.29) is 22.3 Å². The van der Waals surface area contributed by atoms with Gasteiger partial charge in [-0.3, -0.25) is 0 Å². The van der Waals surface area contributed by atoms with Crippen molar-refractivity contribution in [2.75, 3.05) is 6.54 Å². The summed E-state index contributed by atoms with van der Waals surface area (Å²) in [6.45, 7) is 7.36. The first-order valence-corrected chi connectivity index (χ1v) is 12.0. The highest BCUT2D eigenvalue weighted by molar-refractivity contribution is 8.04. The first kappa shape index (κ1) is 22.5. The summed E-state index contributed by atoms with van der Waals surface area (Å²) in [7, 11) is -8.65. The molecule has 0 amide bonds. The Labute approximate surface area is 168 Å². The molecular formula is C20H28N2O4S2. The molecule has 2 N–H and O–H groups in total. The predicted molar refractivity (Wildman–Crippen MR) is 111 cm³/mol. The molecule has 0 aliphatic heterocycles. The lowest BCUT2D eigenvalue weighted by atomic mass is 10.1. The van der Waals surface area contributed by atoms with E-state index in [0.717, 1.165) is 11.1 Å². The Morgan fingerprint density at radius 1 is 0.786 bits per heavy atom. The van der Waals surface area contributed by atoms with Crippen molar-refractivity contribution in [3.63, 3.8) is 0 Å². The fourth-order valence-corrected chi connectivity index (χ4v) is 7.02. The van der Waals surface area contributed by atoms with Crippen molar-refractivity contribution in [3.8, 4) is 0 Å². The van der Waals surface area contributed by atoms with E-state index in [2.05, 4.69) is 0 Å². The van der Waals surface area contributed by atoms with Crippen molar-refractivity contribution in [3.05, 3.63) is 59.7 Å². The number of benzene rings is 2. The summed E-state index contributed by atoms with van der Waals surface area (Å²) in [5.41, 5.74) is 7.61. The second kappa shape index (κ2) is 8.73. The van der Waals surface area contributed by atoms with Crippen molar-refractivity contribution in [1.29, 1.82) is 0 Å². The average molecular weight is 425 g/mol. The van der Waals surface area contributed by atoms with Crippen LogP contribution in [0.2, 0.25) is 0 Å². The smallest absolute Gasteiger partial charge is 0.256 e. The van der Waals surface area contributed by atoms with E-state index in [0.29, 0.717) is 10.1 Å². The van der Waals surface area contributed by atoms with Crippen molar-refractivity contribution in [1.82, 2.24) is 3.71 Å². The van der Waals surface area contributed by atoms with Gasteiger partial charge in [0.2, 0.25) is 0 Å². The molecule has 0 fully saturated rings. The molecule has 2 aromatic rings. The Morgan fingerprint density at radius 2 is 1.14 bits per heavy atom. The molecule has 1 atom stereocenters. The van der Waals surface area contributed by atoms with Gasteiger partial charge in [-0.2, -0.15) is 0 Å². The Hall–Kier alpha value is -1.74. The van der Waals surface area contributed by atoms with Crippen LogP contribution in [0.5, 0.6) is 0 Å². The maximum Gasteiger partial charge on any atom is 0.256 e. The number of hydrogen-bond acceptors (Lipinski definition) is 5. The van der Waals surface area contributed by atoms with Gasteiger partial charge < -0.3 is 5.73 Å². The molecule has 0 aliphatic rings. The molecule has 0 spiro atoms. The van der Waals surface area contributed by atoms with Gasteiger partial charge in [-0.1, -0.05) is 53.0 Å². The number of aryl methyl sites for hydroxylation is 2. The maximum absolute atomic E-state index is 13.4. The monoisotopic (exact) mass is 424 g/mol. The van der Waals surface area contributed by atoms with Gasteiger partial charge in [0, 0.05) is 6.54 Å². The number of sulfonamides is 2. The molecule has 28 heavy (non-hydrogen) atoms. The van der Waals surface area contributed by atoms with Gasteiger partial charge in [-0.25, -0.2) is 16.8 Å². The molecule has 0 radical (unpaired) electrons. The largest absolute Gasteiger partial charge is 0.329 e. The van der Waals surface area contributed by atoms with Crippen LogP contribution in [0, 0.1) is 19.8 Å². The van der Waals surface area contributed by atoms with Crippen LogP contribution >= 0.6 is 0 Å². The van der Waals surface area contributed by atoms with E-state index in [1.165, 1.54) is 24.3 Å². The standard InChI is InChI=1S/C20H28N2O4S2/c1-15(2)13-18(14-21)22(27(23,24)19-9-5-16(3)6-10-19)28(25,26)20-11-7-17(4)8-12-20/h5-12,15,18H,13-14,21H2,1-4H3. The van der Waals surface area contributed by atoms with Crippen molar-refractivity contribution in [2.45, 2.75) is 49.9 Å². The maximum atomic E-state index is 13.4. The third-order valence-corrected chi connectivity index (χ3v) is 8.88. The molecule has 0 bridgehead atoms. The van der Waals surface area contributed by atoms with Crippen LogP contribution in [0.1, 0.15) is 31.4 Å². The molecule has 2 aromatic carbocycles. The van der Waals surface area contributed by atoms with E-state index in [9.17, 15) is 16.8 Å². The van der Waals surface area contributed by atoms with Gasteiger partial charge in [0.15, 0.2) is 0 Å². The molecule has 0 aromatic heterocycles. The SMILES string of the molecule is Cc1ccc(S(=O)(=O)N(C(CN)CC(C)C)S(=O)(=O)c2ccc(C)cc2)cc1. The zero-order valence-corrected chi connectivity index (χ0v) is 18.3. The lowest BCUT2D eigenvalue weighted by Gasteiger charge is -2.30. The molecule has 8 heteroatoms. The molecule has 2 rings (SSSR count). The van der Waals surface area contributed by atoms with Gasteiger partial charge in [0.25, 0.3) is 20.0 Å². The van der Waals surface area contributed by atoms with Crippen LogP contribution in [0.15, 0.2) is 58.3 Å². The summed E-state index contributed by atoms with van der Waals surface area (Å²) < 4.78 is 54.2. The van der Waals surface area contributed by atoms with Crippen molar-refractivity contribution in [2.24, 2.45) is 11.7 Å². The molecule has 154 valence electrons. The normalized spacial score (nSPS) is 13.8. The lowest BCUT2D eigenvalue weighted by Crippen LogP contribution is -2.48. The topological polar surface area (TPSA) is 97.5 Å². The fraction of sp³-hybridized carbons (Fsp3) is 0.400. The molecule has 0 saturated carbocycles. The van der Waals surface area contributed by atoms with Gasteiger partial charge in [0.1, 0.15) is 0 Å². The summed E-state index contributed by atoms with van der Waals surface area (Å²) in [6, 6.07) is 11.4. The third-order valence-electron chi connectivity index (χ3n) is 4.43. The van der Waals surface area contributed by atoms with Crippen LogP contribution < -0.4 is 5.73 Å². The fourth-order valence-electron chi connectivity index (χ4n) is 2.96. The zero-order valence-electron chi connectivity index (χ0n) is 16.7. The summed E-state index contributed by atoms with van der Waals surface area (Å²) >= 11 is 0. The van der Waals surface area contributed by atoms with Crippen molar-refractivity contribution < 1.29 is 16.8 Å². The van der Waals surface area contributed by atoms with E-state index < -0.39 is 26.1 Å². The van der Waals surface area contributed by atoms with Crippen LogP contribution in [-0.2, 0) is 20.0 Å². The molecular weight excluding hydrogens is 396 g/mol. The Bertz CT molecular complexity index is 922. The minimum atomic E-state index is -4.33. The molecule has 0 aliphatic carbocycles. The Morgan fingerprint density at radius 3 is 1.43 bits per heavy atom. The van der Waals surface area contributed by atoms with Crippen LogP contribution in [0.3, 0.4) is 0 Å². The Kier molecular flexibility index (Phi) is 7.03. The number of nitrogens with zero attached hydrogens (tertiary/aromatic N) is 1. The van der Waals surface area contributed by atoms with Gasteiger partial charge >= 0.3 is 0 Å². The molecule has 0 saturated heterocycles. The van der Waals surface area contributed by atoms with Crippen LogP contribution in [0.25, 0.3) is 0 Å². The highest BCUT2D eigenvalue weighted by Crippen LogP contribution is 2.29. The van der Waals surface area contributed by atoms with Crippen LogP contribution in [-0.4, -0.2) is 33.1 Å². The first-order chi connectivity index (χ1) is 13.0. The van der Waals surface area contributed by atoms with E-state index >= 15 is 0 Å². The number of hydrogen-bond donors (Lipinski definition) is 1. The van der Waals surface area contributed by atoms with Gasteiger partial charge in [-0.15, -0.1) is 0 Å². The summed E-state index contributed by atoms with van der Waals surface area (Å²) in [5.74, 6) is 0.0671. The predicted octanol–water partition coefficient (Wildman–Crippen LogP) is 3.06. The van der Waals surface area contributed by atoms with E-state index in [1.807, 2.05) is 27.7 Å². The second-order valence-corrected chi connectivity index (χ2v) is 11.2. The third kappa shape index (κ3) is 4.81. The highest BCUT2D eigenvalue weighted by Gasteiger charge is 2.41. The van der Waals surface area contributed by atoms with E-state index in [4.69, 9.17) is 5.73 Å². The quantitative estimate of drug-likeness (QED) is 0.702. The zero-order chi connectivity index (χ0) is 21.1. The summed E-state index contributed by atoms with van der Waals surface area (Å²) in [4.78, 5) is -0.146. The average Bonchev–Trinajstić information content (AvgIpc) is 2.61. The first-order valence-electron chi connectivity index (χ1n) is 9.13. The second-order valence-electron chi connectivity index (χ2n) is 7.38. The summed E-state index contributed by atoms with van der Waals surface area (Å²) in [5, 5.41) is 0. The minimum absolute atomic E-state index is 0.0671. The highest BCUT2D eigenvalue weighted by atomic mass is 32.3. The lowest BCUT2D eigenvalue weighted by molar-refractivity contribution is 0.369. The molecule has 1 unspecified atom stereocenters. The molecule has 0 heterocycles. The number of rotatable bonds is 8.